The first kappa shape index (κ1) is 46.0. The van der Waals surface area contributed by atoms with Crippen LogP contribution in [-0.2, 0) is 9.59 Å². The summed E-state index contributed by atoms with van der Waals surface area (Å²) in [7, 11) is 0. The highest BCUT2D eigenvalue weighted by Gasteiger charge is 2.64. The Morgan fingerprint density at radius 3 is 1.75 bits per heavy atom. The first-order valence-electron chi connectivity index (χ1n) is 22.9. The molecule has 0 aromatic carbocycles. The molecule has 4 aliphatic rings. The van der Waals surface area contributed by atoms with E-state index in [1.54, 1.807) is 0 Å². The average molecular weight is 773 g/mol. The lowest BCUT2D eigenvalue weighted by atomic mass is 9.41. The number of allylic oxidation sites excluding steroid dienone is 12. The van der Waals surface area contributed by atoms with E-state index in [1.165, 1.54) is 25.7 Å². The Balaban J connectivity index is 1.05. The summed E-state index contributed by atoms with van der Waals surface area (Å²) in [6.07, 6.45) is 42.8. The molecule has 4 fully saturated rings. The van der Waals surface area contributed by atoms with Gasteiger partial charge in [0.1, 0.15) is 0 Å². The minimum Gasteiger partial charge on any atom is -0.393 e. The zero-order chi connectivity index (χ0) is 40.4. The van der Waals surface area contributed by atoms with Crippen LogP contribution < -0.4 is 10.6 Å². The van der Waals surface area contributed by atoms with Crippen LogP contribution in [0.25, 0.3) is 0 Å². The van der Waals surface area contributed by atoms with Gasteiger partial charge >= 0.3 is 0 Å². The summed E-state index contributed by atoms with van der Waals surface area (Å²) in [5, 5.41) is 28.5. The van der Waals surface area contributed by atoms with Gasteiger partial charge in [0.05, 0.1) is 12.2 Å². The SMILES string of the molecule is CCC=CCC=CCC=CCC=CCC=CCC=CCCC(=O)NCCNC(=O)CCC(C)C1CCC2C3C(O)C(CC)C4CC(O)CCC4(C)C3CCC12C. The van der Waals surface area contributed by atoms with Crippen molar-refractivity contribution in [2.75, 3.05) is 13.1 Å². The number of hydrogen-bond acceptors (Lipinski definition) is 4. The molecule has 0 aliphatic heterocycles. The molecule has 0 radical (unpaired) electrons. The maximum absolute atomic E-state index is 12.8. The smallest absolute Gasteiger partial charge is 0.220 e. The predicted octanol–water partition coefficient (Wildman–Crippen LogP) is 10.7. The molecule has 6 heteroatoms. The van der Waals surface area contributed by atoms with E-state index in [1.807, 2.05) is 0 Å². The second kappa shape index (κ2) is 23.6. The molecule has 2 amide bonds. The number of aliphatic hydroxyl groups excluding tert-OH is 2. The lowest BCUT2D eigenvalue weighted by Crippen LogP contribution is -2.62. The largest absolute Gasteiger partial charge is 0.393 e. The number of hydrogen-bond donors (Lipinski definition) is 4. The minimum atomic E-state index is -0.269. The highest BCUT2D eigenvalue weighted by molar-refractivity contribution is 5.77. The van der Waals surface area contributed by atoms with Gasteiger partial charge in [0.2, 0.25) is 11.8 Å². The summed E-state index contributed by atoms with van der Waals surface area (Å²) < 4.78 is 0. The molecule has 4 rings (SSSR count). The van der Waals surface area contributed by atoms with Crippen LogP contribution in [0.2, 0.25) is 0 Å². The minimum absolute atomic E-state index is 0.0186. The molecule has 0 aromatic heterocycles. The number of nitrogens with one attached hydrogen (secondary N) is 2. The van der Waals surface area contributed by atoms with E-state index in [2.05, 4.69) is 118 Å². The molecule has 56 heavy (non-hydrogen) atoms. The fraction of sp³-hybridized carbons (Fsp3) is 0.720. The van der Waals surface area contributed by atoms with E-state index >= 15 is 0 Å². The van der Waals surface area contributed by atoms with Gasteiger partial charge in [0.15, 0.2) is 0 Å². The van der Waals surface area contributed by atoms with Crippen LogP contribution in [-0.4, -0.2) is 47.3 Å². The summed E-state index contributed by atoms with van der Waals surface area (Å²) >= 11 is 0. The van der Waals surface area contributed by atoms with E-state index < -0.39 is 0 Å². The van der Waals surface area contributed by atoms with Crippen LogP contribution in [0.4, 0.5) is 0 Å². The third-order valence-electron chi connectivity index (χ3n) is 14.9. The number of carbonyl (C=O) groups excluding carboxylic acids is 2. The quantitative estimate of drug-likeness (QED) is 0.0650. The molecule has 0 bridgehead atoms. The van der Waals surface area contributed by atoms with Crippen LogP contribution in [0.3, 0.4) is 0 Å². The molecule has 11 unspecified atom stereocenters. The van der Waals surface area contributed by atoms with Crippen molar-refractivity contribution in [3.63, 3.8) is 0 Å². The fourth-order valence-electron chi connectivity index (χ4n) is 11.9. The van der Waals surface area contributed by atoms with Crippen molar-refractivity contribution in [2.45, 2.75) is 162 Å². The molecular formula is C50H80N2O4. The molecule has 11 atom stereocenters. The summed E-state index contributed by atoms with van der Waals surface area (Å²) in [4.78, 5) is 25.1. The molecule has 6 nitrogen and oxygen atoms in total. The Bertz CT molecular complexity index is 1380. The van der Waals surface area contributed by atoms with Crippen molar-refractivity contribution in [3.8, 4) is 0 Å². The summed E-state index contributed by atoms with van der Waals surface area (Å²) in [5.41, 5.74) is 0.435. The lowest BCUT2D eigenvalue weighted by Gasteiger charge is -2.64. The van der Waals surface area contributed by atoms with E-state index in [9.17, 15) is 19.8 Å². The maximum Gasteiger partial charge on any atom is 0.220 e. The third-order valence-corrected chi connectivity index (χ3v) is 14.9. The number of fused-ring (bicyclic) bond motifs is 5. The number of amides is 2. The summed E-state index contributed by atoms with van der Waals surface area (Å²) in [5.74, 6) is 3.27. The second-order valence-corrected chi connectivity index (χ2v) is 18.3. The van der Waals surface area contributed by atoms with Crippen molar-refractivity contribution in [1.82, 2.24) is 10.6 Å². The molecule has 0 heterocycles. The van der Waals surface area contributed by atoms with Gasteiger partial charge in [-0.3, -0.25) is 9.59 Å². The molecule has 0 aromatic rings. The summed E-state index contributed by atoms with van der Waals surface area (Å²) in [6.45, 7) is 12.7. The molecule has 4 saturated carbocycles. The molecule has 4 aliphatic carbocycles. The lowest BCUT2D eigenvalue weighted by molar-refractivity contribution is -0.203. The molecule has 0 saturated heterocycles. The fourth-order valence-corrected chi connectivity index (χ4v) is 11.9. The van der Waals surface area contributed by atoms with Crippen LogP contribution in [0, 0.1) is 52.3 Å². The molecular weight excluding hydrogens is 693 g/mol. The van der Waals surface area contributed by atoms with Gasteiger partial charge in [-0.05, 0) is 149 Å². The number of aliphatic hydroxyl groups is 2. The topological polar surface area (TPSA) is 98.7 Å². The average Bonchev–Trinajstić information content (AvgIpc) is 3.54. The first-order chi connectivity index (χ1) is 27.1. The van der Waals surface area contributed by atoms with Gasteiger partial charge in [-0.25, -0.2) is 0 Å². The predicted molar refractivity (Wildman–Crippen MR) is 234 cm³/mol. The normalized spacial score (nSPS) is 33.8. The van der Waals surface area contributed by atoms with Crippen molar-refractivity contribution < 1.29 is 19.8 Å². The Morgan fingerprint density at radius 1 is 0.661 bits per heavy atom. The van der Waals surface area contributed by atoms with Crippen LogP contribution in [0.15, 0.2) is 72.9 Å². The van der Waals surface area contributed by atoms with E-state index in [0.717, 1.165) is 70.6 Å². The summed E-state index contributed by atoms with van der Waals surface area (Å²) in [6, 6.07) is 0. The van der Waals surface area contributed by atoms with Gasteiger partial charge < -0.3 is 20.8 Å². The zero-order valence-corrected chi connectivity index (χ0v) is 36.0. The van der Waals surface area contributed by atoms with E-state index in [4.69, 9.17) is 0 Å². The van der Waals surface area contributed by atoms with Gasteiger partial charge in [-0.2, -0.15) is 0 Å². The second-order valence-electron chi connectivity index (χ2n) is 18.3. The zero-order valence-electron chi connectivity index (χ0n) is 36.0. The van der Waals surface area contributed by atoms with Crippen LogP contribution in [0.1, 0.15) is 150 Å². The Morgan fingerprint density at radius 2 is 1.18 bits per heavy atom. The van der Waals surface area contributed by atoms with Crippen molar-refractivity contribution in [1.29, 1.82) is 0 Å². The van der Waals surface area contributed by atoms with Gasteiger partial charge in [0.25, 0.3) is 0 Å². The van der Waals surface area contributed by atoms with Gasteiger partial charge in [0, 0.05) is 25.9 Å². The van der Waals surface area contributed by atoms with Crippen LogP contribution >= 0.6 is 0 Å². The highest BCUT2D eigenvalue weighted by atomic mass is 16.3. The highest BCUT2D eigenvalue weighted by Crippen LogP contribution is 2.69. The molecule has 314 valence electrons. The standard InChI is InChI=1S/C50H80N2O4/c1-6-8-9-10-11-12-13-14-15-16-17-18-19-20-21-22-23-24-25-26-45(54)51-35-36-52-46(55)30-27-38(3)41-28-29-42-47-43(32-34-49(41,42)4)50(5)33-31-39(53)37-44(50)40(7-2)48(47)56/h8-9,11-12,14-15,17-18,20-21,23-24,38-44,47-48,53,56H,6-7,10,13,16,19,22,25-37H2,1-5H3,(H,51,54)(H,52,55). The van der Waals surface area contributed by atoms with E-state index in [0.29, 0.717) is 67.9 Å². The van der Waals surface area contributed by atoms with Crippen LogP contribution in [0.5, 0.6) is 0 Å². The van der Waals surface area contributed by atoms with Gasteiger partial charge in [-0.1, -0.05) is 114 Å². The Hall–Kier alpha value is -2.70. The number of rotatable bonds is 22. The van der Waals surface area contributed by atoms with Crippen molar-refractivity contribution >= 4 is 11.8 Å². The molecule has 0 spiro atoms. The monoisotopic (exact) mass is 773 g/mol. The van der Waals surface area contributed by atoms with Crippen molar-refractivity contribution in [2.24, 2.45) is 52.3 Å². The molecule has 4 N–H and O–H groups in total. The van der Waals surface area contributed by atoms with E-state index in [-0.39, 0.29) is 40.8 Å². The first-order valence-corrected chi connectivity index (χ1v) is 22.9. The number of carbonyl (C=O) groups is 2. The maximum atomic E-state index is 12.8. The van der Waals surface area contributed by atoms with Crippen molar-refractivity contribution in [3.05, 3.63) is 72.9 Å². The van der Waals surface area contributed by atoms with Gasteiger partial charge in [-0.15, -0.1) is 0 Å². The Kier molecular flexibility index (Phi) is 19.4. The third kappa shape index (κ3) is 12.6. The Labute approximate surface area is 341 Å².